The van der Waals surface area contributed by atoms with Gasteiger partial charge >= 0.3 is 12.2 Å². The van der Waals surface area contributed by atoms with Crippen LogP contribution in [0, 0.1) is 0 Å². The summed E-state index contributed by atoms with van der Waals surface area (Å²) < 4.78 is 38.1. The zero-order valence-electron chi connectivity index (χ0n) is 14.9. The molecule has 27 heavy (non-hydrogen) atoms. The Kier molecular flexibility index (Phi) is 6.57. The van der Waals surface area contributed by atoms with E-state index in [-0.39, 0.29) is 6.54 Å². The molecular formula is C19H20F3N3O2. The highest BCUT2D eigenvalue weighted by Gasteiger charge is 2.30. The number of alkyl halides is 3. The number of nitrogens with one attached hydrogen (secondary N) is 2. The molecular weight excluding hydrogens is 359 g/mol. The predicted molar refractivity (Wildman–Crippen MR) is 94.7 cm³/mol. The highest BCUT2D eigenvalue weighted by atomic mass is 19.4. The zero-order valence-corrected chi connectivity index (χ0v) is 14.9. The van der Waals surface area contributed by atoms with Crippen LogP contribution in [0.15, 0.2) is 54.6 Å². The van der Waals surface area contributed by atoms with Crippen molar-refractivity contribution in [3.63, 3.8) is 0 Å². The maximum atomic E-state index is 12.7. The van der Waals surface area contributed by atoms with Crippen LogP contribution in [0.2, 0.25) is 0 Å². The van der Waals surface area contributed by atoms with E-state index in [1.807, 2.05) is 0 Å². The van der Waals surface area contributed by atoms with E-state index in [0.29, 0.717) is 11.1 Å². The Morgan fingerprint density at radius 1 is 1.04 bits per heavy atom. The molecule has 1 atom stereocenters. The van der Waals surface area contributed by atoms with Gasteiger partial charge in [0.15, 0.2) is 0 Å². The topological polar surface area (TPSA) is 61.4 Å². The van der Waals surface area contributed by atoms with Crippen molar-refractivity contribution in [2.24, 2.45) is 0 Å². The van der Waals surface area contributed by atoms with E-state index >= 15 is 0 Å². The van der Waals surface area contributed by atoms with E-state index in [4.69, 9.17) is 0 Å². The van der Waals surface area contributed by atoms with Crippen LogP contribution in [0.4, 0.5) is 18.0 Å². The van der Waals surface area contributed by atoms with Crippen LogP contribution in [0.3, 0.4) is 0 Å². The lowest BCUT2D eigenvalue weighted by Crippen LogP contribution is -2.44. The molecule has 0 aromatic heterocycles. The van der Waals surface area contributed by atoms with Gasteiger partial charge < -0.3 is 5.32 Å². The van der Waals surface area contributed by atoms with Crippen LogP contribution in [0.5, 0.6) is 0 Å². The first-order valence-electron chi connectivity index (χ1n) is 8.16. The van der Waals surface area contributed by atoms with Crippen molar-refractivity contribution in [2.45, 2.75) is 18.8 Å². The number of imide groups is 1. The molecule has 0 aliphatic heterocycles. The van der Waals surface area contributed by atoms with E-state index in [9.17, 15) is 22.8 Å². The van der Waals surface area contributed by atoms with Crippen LogP contribution in [0.1, 0.15) is 22.7 Å². The van der Waals surface area contributed by atoms with Crippen LogP contribution in [-0.4, -0.2) is 30.9 Å². The summed E-state index contributed by atoms with van der Waals surface area (Å²) in [5.41, 5.74) is 0.540. The number of urea groups is 1. The van der Waals surface area contributed by atoms with Gasteiger partial charge in [-0.15, -0.1) is 0 Å². The molecule has 2 rings (SSSR count). The lowest BCUT2D eigenvalue weighted by Gasteiger charge is -2.27. The van der Waals surface area contributed by atoms with Gasteiger partial charge in [-0.3, -0.25) is 15.0 Å². The number of rotatable bonds is 5. The van der Waals surface area contributed by atoms with Crippen LogP contribution in [-0.2, 0) is 17.5 Å². The molecule has 0 saturated heterocycles. The number of nitrogens with zero attached hydrogens (tertiary/aromatic N) is 1. The molecule has 0 radical (unpaired) electrons. The zero-order chi connectivity index (χ0) is 20.0. The Hall–Kier alpha value is -2.87. The summed E-state index contributed by atoms with van der Waals surface area (Å²) in [6, 6.07) is 12.2. The van der Waals surface area contributed by atoms with Gasteiger partial charge in [0.25, 0.3) is 0 Å². The minimum absolute atomic E-state index is 0.221. The smallest absolute Gasteiger partial charge is 0.341 e. The Bertz CT molecular complexity index is 777. The molecule has 0 bridgehead atoms. The van der Waals surface area contributed by atoms with Gasteiger partial charge in [0, 0.05) is 13.6 Å². The summed E-state index contributed by atoms with van der Waals surface area (Å²) in [6.07, 6.45) is -4.40. The van der Waals surface area contributed by atoms with E-state index < -0.39 is 29.7 Å². The van der Waals surface area contributed by atoms with E-state index in [1.54, 1.807) is 42.3 Å². The molecule has 0 saturated carbocycles. The van der Waals surface area contributed by atoms with Crippen molar-refractivity contribution in [2.75, 3.05) is 14.1 Å². The number of amides is 3. The summed E-state index contributed by atoms with van der Waals surface area (Å²) in [5.74, 6) is -0.532. The third kappa shape index (κ3) is 5.55. The van der Waals surface area contributed by atoms with Crippen molar-refractivity contribution in [1.82, 2.24) is 15.5 Å². The normalized spacial score (nSPS) is 12.5. The summed E-state index contributed by atoms with van der Waals surface area (Å²) in [4.78, 5) is 25.7. The molecule has 2 aromatic carbocycles. The van der Waals surface area contributed by atoms with Crippen molar-refractivity contribution in [1.29, 1.82) is 0 Å². The Balaban J connectivity index is 2.22. The van der Waals surface area contributed by atoms with Gasteiger partial charge in [-0.05, 0) is 30.3 Å². The van der Waals surface area contributed by atoms with Crippen LogP contribution in [0.25, 0.3) is 0 Å². The summed E-state index contributed by atoms with van der Waals surface area (Å²) >= 11 is 0. The average Bonchev–Trinajstić information content (AvgIpc) is 2.62. The van der Waals surface area contributed by atoms with Gasteiger partial charge in [0.2, 0.25) is 5.91 Å². The fraction of sp³-hybridized carbons (Fsp3) is 0.263. The average molecular weight is 379 g/mol. The maximum absolute atomic E-state index is 12.7. The molecule has 0 unspecified atom stereocenters. The molecule has 0 heterocycles. The summed E-state index contributed by atoms with van der Waals surface area (Å²) in [7, 11) is 3.06. The third-order valence-corrected chi connectivity index (χ3v) is 3.98. The molecule has 0 aliphatic rings. The quantitative estimate of drug-likeness (QED) is 0.838. The van der Waals surface area contributed by atoms with Crippen molar-refractivity contribution in [3.8, 4) is 0 Å². The highest BCUT2D eigenvalue weighted by molar-refractivity contribution is 5.97. The van der Waals surface area contributed by atoms with E-state index in [0.717, 1.165) is 12.1 Å². The Morgan fingerprint density at radius 3 is 2.15 bits per heavy atom. The van der Waals surface area contributed by atoms with Crippen LogP contribution >= 0.6 is 0 Å². The van der Waals surface area contributed by atoms with E-state index in [2.05, 4.69) is 10.6 Å². The molecule has 2 aromatic rings. The molecule has 2 N–H and O–H groups in total. The molecule has 144 valence electrons. The van der Waals surface area contributed by atoms with Crippen molar-refractivity contribution in [3.05, 3.63) is 71.3 Å². The summed E-state index contributed by atoms with van der Waals surface area (Å²) in [5, 5.41) is 4.56. The van der Waals surface area contributed by atoms with Gasteiger partial charge in [-0.1, -0.05) is 42.5 Å². The van der Waals surface area contributed by atoms with Crippen molar-refractivity contribution < 1.29 is 22.8 Å². The molecule has 8 heteroatoms. The minimum atomic E-state index is -4.40. The predicted octanol–water partition coefficient (Wildman–Crippen LogP) is 3.33. The standard InChI is InChI=1S/C19H20F3N3O2/c1-23-18(27)24-17(26)16(14-6-4-3-5-7-14)25(2)12-13-8-10-15(11-9-13)19(20,21)22/h3-11,16H,12H2,1-2H3,(H2,23,24,26,27)/t16-/m1/s1. The molecule has 3 amide bonds. The first kappa shape index (κ1) is 20.4. The molecule has 5 nitrogen and oxygen atoms in total. The van der Waals surface area contributed by atoms with Crippen molar-refractivity contribution >= 4 is 11.9 Å². The minimum Gasteiger partial charge on any atom is -0.341 e. The fourth-order valence-corrected chi connectivity index (χ4v) is 2.66. The first-order chi connectivity index (χ1) is 12.7. The lowest BCUT2D eigenvalue weighted by molar-refractivity contribution is -0.137. The number of hydrogen-bond acceptors (Lipinski definition) is 3. The lowest BCUT2D eigenvalue weighted by atomic mass is 10.0. The SMILES string of the molecule is CNC(=O)NC(=O)[C@@H](c1ccccc1)N(C)Cc1ccc(C(F)(F)F)cc1. The first-order valence-corrected chi connectivity index (χ1v) is 8.16. The Labute approximate surface area is 155 Å². The number of carbonyl (C=O) groups excluding carboxylic acids is 2. The van der Waals surface area contributed by atoms with E-state index in [1.165, 1.54) is 19.2 Å². The van der Waals surface area contributed by atoms with Gasteiger partial charge in [-0.25, -0.2) is 4.79 Å². The number of carbonyl (C=O) groups is 2. The monoisotopic (exact) mass is 379 g/mol. The third-order valence-electron chi connectivity index (χ3n) is 3.98. The van der Waals surface area contributed by atoms with Gasteiger partial charge in [0.05, 0.1) is 5.56 Å². The largest absolute Gasteiger partial charge is 0.416 e. The number of halogens is 3. The molecule has 0 aliphatic carbocycles. The molecule has 0 fully saturated rings. The number of benzene rings is 2. The molecule has 0 spiro atoms. The second-order valence-electron chi connectivity index (χ2n) is 5.99. The fourth-order valence-electron chi connectivity index (χ4n) is 2.66. The number of hydrogen-bond donors (Lipinski definition) is 2. The highest BCUT2D eigenvalue weighted by Crippen LogP contribution is 2.29. The van der Waals surface area contributed by atoms with Gasteiger partial charge in [-0.2, -0.15) is 13.2 Å². The second-order valence-corrected chi connectivity index (χ2v) is 5.99. The van der Waals surface area contributed by atoms with Gasteiger partial charge in [0.1, 0.15) is 6.04 Å². The maximum Gasteiger partial charge on any atom is 0.416 e. The Morgan fingerprint density at radius 2 is 1.63 bits per heavy atom. The summed E-state index contributed by atoms with van der Waals surface area (Å²) in [6.45, 7) is 0.221. The van der Waals surface area contributed by atoms with Crippen LogP contribution < -0.4 is 10.6 Å². The second kappa shape index (κ2) is 8.68. The number of likely N-dealkylation sites (N-methyl/N-ethyl adjacent to an activating group) is 1.